The van der Waals surface area contributed by atoms with E-state index in [-0.39, 0.29) is 0 Å². The maximum absolute atomic E-state index is 9.86. The van der Waals surface area contributed by atoms with E-state index in [4.69, 9.17) is 25.8 Å². The second-order valence-electron chi connectivity index (χ2n) is 4.70. The van der Waals surface area contributed by atoms with Crippen LogP contribution < -0.4 is 14.2 Å². The van der Waals surface area contributed by atoms with Gasteiger partial charge in [-0.25, -0.2) is 0 Å². The Morgan fingerprint density at radius 3 is 2.05 bits per heavy atom. The van der Waals surface area contributed by atoms with Crippen LogP contribution in [0, 0.1) is 0 Å². The molecule has 5 nitrogen and oxygen atoms in total. The number of aliphatic hydroxyl groups excluding tert-OH is 2. The zero-order valence-corrected chi connectivity index (χ0v) is 13.6. The Kier molecular flexibility index (Phi) is 7.08. The minimum Gasteiger partial charge on any atom is -0.492 e. The molecule has 0 amide bonds. The van der Waals surface area contributed by atoms with Crippen LogP contribution in [0.5, 0.6) is 17.2 Å². The van der Waals surface area contributed by atoms with Crippen LogP contribution in [-0.4, -0.2) is 43.8 Å². The van der Waals surface area contributed by atoms with Crippen molar-refractivity contribution in [3.8, 4) is 17.2 Å². The maximum atomic E-state index is 9.86. The minimum absolute atomic E-state index is 0.400. The Morgan fingerprint density at radius 1 is 1.00 bits per heavy atom. The predicted octanol–water partition coefficient (Wildman–Crippen LogP) is 2.43. The molecule has 0 spiro atoms. The summed E-state index contributed by atoms with van der Waals surface area (Å²) in [5.74, 6) is 1.36. The number of halogens is 1. The summed E-state index contributed by atoms with van der Waals surface area (Å²) in [6.45, 7) is 1.82. The van der Waals surface area contributed by atoms with Gasteiger partial charge in [-0.3, -0.25) is 0 Å². The summed E-state index contributed by atoms with van der Waals surface area (Å²) in [6, 6.07) is 1.73. The van der Waals surface area contributed by atoms with Crippen molar-refractivity contribution in [2.45, 2.75) is 38.4 Å². The Labute approximate surface area is 130 Å². The lowest BCUT2D eigenvalue weighted by Crippen LogP contribution is -2.25. The second-order valence-corrected chi connectivity index (χ2v) is 5.11. The van der Waals surface area contributed by atoms with Crippen molar-refractivity contribution < 1.29 is 24.4 Å². The Balaban J connectivity index is 3.04. The predicted molar refractivity (Wildman–Crippen MR) is 81.7 cm³/mol. The van der Waals surface area contributed by atoms with E-state index in [1.807, 2.05) is 6.92 Å². The number of methoxy groups -OCH3 is 3. The van der Waals surface area contributed by atoms with Crippen LogP contribution in [0.25, 0.3) is 0 Å². The smallest absolute Gasteiger partial charge is 0.205 e. The van der Waals surface area contributed by atoms with Crippen molar-refractivity contribution in [1.29, 1.82) is 0 Å². The highest BCUT2D eigenvalue weighted by atomic mass is 35.5. The zero-order chi connectivity index (χ0) is 16.0. The maximum Gasteiger partial charge on any atom is 0.205 e. The lowest BCUT2D eigenvalue weighted by Gasteiger charge is -2.19. The van der Waals surface area contributed by atoms with Crippen molar-refractivity contribution in [3.63, 3.8) is 0 Å². The lowest BCUT2D eigenvalue weighted by atomic mass is 10.0. The fraction of sp³-hybridized carbons (Fsp3) is 0.600. The van der Waals surface area contributed by atoms with Crippen LogP contribution in [0.1, 0.15) is 25.3 Å². The summed E-state index contributed by atoms with van der Waals surface area (Å²) in [4.78, 5) is 0. The van der Waals surface area contributed by atoms with E-state index in [1.54, 1.807) is 6.07 Å². The highest BCUT2D eigenvalue weighted by Gasteiger charge is 2.21. The summed E-state index contributed by atoms with van der Waals surface area (Å²) in [7, 11) is 4.55. The quantitative estimate of drug-likeness (QED) is 0.770. The molecule has 2 N–H and O–H groups in total. The summed E-state index contributed by atoms with van der Waals surface area (Å²) >= 11 is 6.18. The number of aryl methyl sites for hydroxylation is 1. The number of hydrogen-bond acceptors (Lipinski definition) is 5. The van der Waals surface area contributed by atoms with Gasteiger partial charge in [-0.1, -0.05) is 18.5 Å². The van der Waals surface area contributed by atoms with E-state index in [2.05, 4.69) is 0 Å². The molecule has 0 aliphatic heterocycles. The third kappa shape index (κ3) is 4.15. The third-order valence-corrected chi connectivity index (χ3v) is 3.69. The number of hydrogen-bond donors (Lipinski definition) is 2. The van der Waals surface area contributed by atoms with E-state index in [1.165, 1.54) is 21.3 Å². The Bertz CT molecular complexity index is 464. The number of ether oxygens (including phenoxy) is 3. The summed E-state index contributed by atoms with van der Waals surface area (Å²) < 4.78 is 15.9. The van der Waals surface area contributed by atoms with Crippen molar-refractivity contribution in [3.05, 3.63) is 16.7 Å². The summed E-state index contributed by atoms with van der Waals surface area (Å²) in [6.07, 6.45) is -0.109. The molecule has 6 heteroatoms. The first-order valence-corrected chi connectivity index (χ1v) is 7.21. The molecule has 0 saturated heterocycles. The molecule has 1 aromatic carbocycles. The molecule has 0 saturated carbocycles. The summed E-state index contributed by atoms with van der Waals surface area (Å²) in [5, 5.41) is 19.9. The molecule has 0 aliphatic carbocycles. The number of benzene rings is 1. The van der Waals surface area contributed by atoms with Gasteiger partial charge < -0.3 is 24.4 Å². The number of rotatable bonds is 8. The fourth-order valence-electron chi connectivity index (χ4n) is 2.19. The molecule has 2 atom stereocenters. The van der Waals surface area contributed by atoms with Crippen molar-refractivity contribution in [2.24, 2.45) is 0 Å². The minimum atomic E-state index is -0.786. The van der Waals surface area contributed by atoms with Gasteiger partial charge in [-0.2, -0.15) is 0 Å². The van der Waals surface area contributed by atoms with Crippen LogP contribution in [0.3, 0.4) is 0 Å². The van der Waals surface area contributed by atoms with Crippen LogP contribution in [0.4, 0.5) is 0 Å². The Hall–Kier alpha value is -1.17. The van der Waals surface area contributed by atoms with Gasteiger partial charge in [-0.15, -0.1) is 0 Å². The van der Waals surface area contributed by atoms with Crippen molar-refractivity contribution in [2.75, 3.05) is 21.3 Å². The molecule has 0 aromatic heterocycles. The van der Waals surface area contributed by atoms with Crippen LogP contribution in [0.15, 0.2) is 6.07 Å². The van der Waals surface area contributed by atoms with Crippen molar-refractivity contribution >= 4 is 11.6 Å². The number of aliphatic hydroxyl groups is 2. The molecule has 1 aromatic rings. The zero-order valence-electron chi connectivity index (χ0n) is 12.9. The topological polar surface area (TPSA) is 68.2 Å². The van der Waals surface area contributed by atoms with Gasteiger partial charge in [0.15, 0.2) is 11.5 Å². The average molecular weight is 319 g/mol. The monoisotopic (exact) mass is 318 g/mol. The van der Waals surface area contributed by atoms with Gasteiger partial charge in [-0.05, 0) is 30.9 Å². The molecule has 0 radical (unpaired) electrons. The first-order chi connectivity index (χ1) is 9.99. The molecule has 120 valence electrons. The van der Waals surface area contributed by atoms with E-state index in [0.717, 1.165) is 5.56 Å². The molecule has 0 heterocycles. The Morgan fingerprint density at radius 2 is 1.57 bits per heavy atom. The van der Waals surface area contributed by atoms with Crippen LogP contribution in [0.2, 0.25) is 5.02 Å². The third-order valence-electron chi connectivity index (χ3n) is 3.41. The largest absolute Gasteiger partial charge is 0.492 e. The molecule has 0 fully saturated rings. The van der Waals surface area contributed by atoms with Crippen molar-refractivity contribution in [1.82, 2.24) is 0 Å². The molecule has 0 aliphatic rings. The van der Waals surface area contributed by atoms with Gasteiger partial charge in [0.05, 0.1) is 38.6 Å². The van der Waals surface area contributed by atoms with Crippen LogP contribution in [-0.2, 0) is 6.42 Å². The van der Waals surface area contributed by atoms with Gasteiger partial charge in [0.2, 0.25) is 5.75 Å². The average Bonchev–Trinajstić information content (AvgIpc) is 2.50. The van der Waals surface area contributed by atoms with E-state index in [0.29, 0.717) is 41.5 Å². The van der Waals surface area contributed by atoms with E-state index >= 15 is 0 Å². The van der Waals surface area contributed by atoms with Gasteiger partial charge in [0.25, 0.3) is 0 Å². The second kappa shape index (κ2) is 8.32. The lowest BCUT2D eigenvalue weighted by molar-refractivity contribution is 0.0130. The fourth-order valence-corrected chi connectivity index (χ4v) is 2.49. The molecule has 21 heavy (non-hydrogen) atoms. The molecule has 0 bridgehead atoms. The standard InChI is InChI=1S/C15H23ClO5/c1-5-11(17)12(18)7-6-9-8-10(16)14(20-3)15(21-4)13(9)19-2/h8,11-12,17-18H,5-7H2,1-4H3. The van der Waals surface area contributed by atoms with E-state index < -0.39 is 12.2 Å². The van der Waals surface area contributed by atoms with Gasteiger partial charge in [0, 0.05) is 0 Å². The normalized spacial score (nSPS) is 13.7. The van der Waals surface area contributed by atoms with E-state index in [9.17, 15) is 10.2 Å². The first-order valence-electron chi connectivity index (χ1n) is 6.83. The van der Waals surface area contributed by atoms with Gasteiger partial charge in [0.1, 0.15) is 0 Å². The van der Waals surface area contributed by atoms with Crippen LogP contribution >= 0.6 is 11.6 Å². The highest BCUT2D eigenvalue weighted by Crippen LogP contribution is 2.45. The first kappa shape index (κ1) is 17.9. The summed E-state index contributed by atoms with van der Waals surface area (Å²) in [5.41, 5.74) is 0.794. The van der Waals surface area contributed by atoms with Gasteiger partial charge >= 0.3 is 0 Å². The molecule has 2 unspecified atom stereocenters. The SMILES string of the molecule is CCC(O)C(O)CCc1cc(Cl)c(OC)c(OC)c1OC. The molecular formula is C15H23ClO5. The highest BCUT2D eigenvalue weighted by molar-refractivity contribution is 6.32. The molecular weight excluding hydrogens is 296 g/mol. The molecule has 1 rings (SSSR count).